The minimum absolute atomic E-state index is 0.570. The molecule has 1 unspecified atom stereocenters. The molecular weight excluding hydrogens is 275 g/mol. The molecule has 0 aliphatic rings. The van der Waals surface area contributed by atoms with Crippen molar-refractivity contribution in [1.82, 2.24) is 0 Å². The van der Waals surface area contributed by atoms with Crippen molar-refractivity contribution in [3.63, 3.8) is 0 Å². The average molecular weight is 292 g/mol. The predicted octanol–water partition coefficient (Wildman–Crippen LogP) is 4.45. The van der Waals surface area contributed by atoms with E-state index in [1.807, 2.05) is 25.1 Å². The van der Waals surface area contributed by atoms with Gasteiger partial charge in [0, 0.05) is 16.3 Å². The molecule has 15 heavy (non-hydrogen) atoms. The number of hydrogen-bond acceptors (Lipinski definition) is 1. The van der Waals surface area contributed by atoms with Gasteiger partial charge in [0.05, 0.1) is 6.61 Å². The van der Waals surface area contributed by atoms with Crippen molar-refractivity contribution in [2.75, 3.05) is 11.9 Å². The highest BCUT2D eigenvalue weighted by molar-refractivity contribution is 9.09. The highest BCUT2D eigenvalue weighted by Gasteiger charge is 2.05. The topological polar surface area (TPSA) is 9.23 Å². The maximum absolute atomic E-state index is 5.93. The molecular formula is C12H16BrClO. The molecule has 0 bridgehead atoms. The lowest BCUT2D eigenvalue weighted by Gasteiger charge is -2.13. The number of hydrogen-bond donors (Lipinski definition) is 0. The molecule has 0 saturated carbocycles. The summed E-state index contributed by atoms with van der Waals surface area (Å²) in [5.41, 5.74) is 1.06. The van der Waals surface area contributed by atoms with Crippen LogP contribution in [-0.2, 0) is 0 Å². The zero-order valence-corrected chi connectivity index (χ0v) is 11.4. The van der Waals surface area contributed by atoms with Gasteiger partial charge in [-0.3, -0.25) is 0 Å². The minimum atomic E-state index is 0.570. The molecule has 1 rings (SSSR count). The quantitative estimate of drug-likeness (QED) is 0.728. The van der Waals surface area contributed by atoms with Crippen LogP contribution in [0.4, 0.5) is 0 Å². The van der Waals surface area contributed by atoms with Gasteiger partial charge in [-0.05, 0) is 37.1 Å². The largest absolute Gasteiger partial charge is 0.493 e. The summed E-state index contributed by atoms with van der Waals surface area (Å²) in [5.74, 6) is 1.47. The van der Waals surface area contributed by atoms with Crippen LogP contribution in [0, 0.1) is 12.8 Å². The van der Waals surface area contributed by atoms with Crippen molar-refractivity contribution in [1.29, 1.82) is 0 Å². The lowest BCUT2D eigenvalue weighted by Crippen LogP contribution is -2.12. The van der Waals surface area contributed by atoms with Gasteiger partial charge in [-0.2, -0.15) is 0 Å². The van der Waals surface area contributed by atoms with E-state index in [4.69, 9.17) is 16.3 Å². The van der Waals surface area contributed by atoms with Crippen LogP contribution in [-0.4, -0.2) is 11.9 Å². The van der Waals surface area contributed by atoms with Crippen molar-refractivity contribution < 1.29 is 4.74 Å². The molecule has 0 fully saturated rings. The summed E-state index contributed by atoms with van der Waals surface area (Å²) >= 11 is 9.41. The Balaban J connectivity index is 2.54. The molecule has 1 atom stereocenters. The second-order valence-corrected chi connectivity index (χ2v) is 4.71. The molecule has 0 saturated heterocycles. The Morgan fingerprint density at radius 3 is 2.73 bits per heavy atom. The van der Waals surface area contributed by atoms with Gasteiger partial charge in [0.25, 0.3) is 0 Å². The van der Waals surface area contributed by atoms with Gasteiger partial charge in [-0.15, -0.1) is 0 Å². The molecule has 0 radical (unpaired) electrons. The molecule has 0 heterocycles. The monoisotopic (exact) mass is 290 g/mol. The lowest BCUT2D eigenvalue weighted by atomic mass is 10.1. The summed E-state index contributed by atoms with van der Waals surface area (Å²) in [6.07, 6.45) is 1.12. The molecule has 84 valence electrons. The van der Waals surface area contributed by atoms with Crippen LogP contribution >= 0.6 is 27.5 Å². The number of halogens is 2. The first-order valence-electron chi connectivity index (χ1n) is 5.12. The molecule has 0 aliphatic heterocycles. The van der Waals surface area contributed by atoms with Gasteiger partial charge in [0.1, 0.15) is 5.75 Å². The number of alkyl halides is 1. The van der Waals surface area contributed by atoms with Crippen molar-refractivity contribution in [3.05, 3.63) is 28.8 Å². The van der Waals surface area contributed by atoms with E-state index in [0.717, 1.165) is 34.7 Å². The first-order valence-corrected chi connectivity index (χ1v) is 6.62. The summed E-state index contributed by atoms with van der Waals surface area (Å²) < 4.78 is 5.70. The van der Waals surface area contributed by atoms with E-state index in [1.165, 1.54) is 0 Å². The Kier molecular flexibility index (Phi) is 5.48. The molecule has 0 N–H and O–H groups in total. The van der Waals surface area contributed by atoms with Gasteiger partial charge in [0.2, 0.25) is 0 Å². The van der Waals surface area contributed by atoms with Gasteiger partial charge in [-0.25, -0.2) is 0 Å². The molecule has 1 nitrogen and oxygen atoms in total. The van der Waals surface area contributed by atoms with Gasteiger partial charge in [0.15, 0.2) is 0 Å². The zero-order valence-electron chi connectivity index (χ0n) is 9.09. The van der Waals surface area contributed by atoms with E-state index >= 15 is 0 Å². The third kappa shape index (κ3) is 4.04. The van der Waals surface area contributed by atoms with E-state index in [9.17, 15) is 0 Å². The van der Waals surface area contributed by atoms with Crippen LogP contribution in [0.15, 0.2) is 18.2 Å². The van der Waals surface area contributed by atoms with Crippen molar-refractivity contribution in [2.45, 2.75) is 20.3 Å². The Morgan fingerprint density at radius 1 is 1.47 bits per heavy atom. The van der Waals surface area contributed by atoms with E-state index in [1.54, 1.807) is 0 Å². The van der Waals surface area contributed by atoms with E-state index in [2.05, 4.69) is 22.9 Å². The molecule has 0 aromatic heterocycles. The minimum Gasteiger partial charge on any atom is -0.493 e. The summed E-state index contributed by atoms with van der Waals surface area (Å²) in [6, 6.07) is 5.76. The van der Waals surface area contributed by atoms with Gasteiger partial charge >= 0.3 is 0 Å². The molecule has 0 spiro atoms. The summed E-state index contributed by atoms with van der Waals surface area (Å²) in [4.78, 5) is 0. The zero-order chi connectivity index (χ0) is 11.3. The van der Waals surface area contributed by atoms with Crippen LogP contribution in [0.1, 0.15) is 18.9 Å². The number of ether oxygens (including phenoxy) is 1. The van der Waals surface area contributed by atoms with E-state index in [0.29, 0.717) is 5.92 Å². The SMILES string of the molecule is CCC(CBr)COc1ccc(Cl)c(C)c1. The molecule has 0 aliphatic carbocycles. The van der Waals surface area contributed by atoms with Crippen LogP contribution in [0.3, 0.4) is 0 Å². The fourth-order valence-electron chi connectivity index (χ4n) is 1.19. The average Bonchev–Trinajstić information content (AvgIpc) is 2.24. The fourth-order valence-corrected chi connectivity index (χ4v) is 1.95. The summed E-state index contributed by atoms with van der Waals surface area (Å²) in [5, 5.41) is 1.77. The third-order valence-corrected chi connectivity index (χ3v) is 3.75. The molecule has 1 aromatic carbocycles. The number of aryl methyl sites for hydroxylation is 1. The third-order valence-electron chi connectivity index (χ3n) is 2.41. The maximum Gasteiger partial charge on any atom is 0.119 e. The number of benzene rings is 1. The van der Waals surface area contributed by atoms with E-state index in [-0.39, 0.29) is 0 Å². The first kappa shape index (κ1) is 12.9. The Bertz CT molecular complexity index is 310. The highest BCUT2D eigenvalue weighted by atomic mass is 79.9. The van der Waals surface area contributed by atoms with E-state index < -0.39 is 0 Å². The van der Waals surface area contributed by atoms with Crippen LogP contribution in [0.2, 0.25) is 5.02 Å². The van der Waals surface area contributed by atoms with Crippen molar-refractivity contribution >= 4 is 27.5 Å². The smallest absolute Gasteiger partial charge is 0.119 e. The molecule has 0 amide bonds. The van der Waals surface area contributed by atoms with Gasteiger partial charge < -0.3 is 4.74 Å². The Hall–Kier alpha value is -0.210. The second kappa shape index (κ2) is 6.39. The predicted molar refractivity (Wildman–Crippen MR) is 69.3 cm³/mol. The van der Waals surface area contributed by atoms with Crippen molar-refractivity contribution in [2.24, 2.45) is 5.92 Å². The van der Waals surface area contributed by atoms with Crippen LogP contribution in [0.5, 0.6) is 5.75 Å². The lowest BCUT2D eigenvalue weighted by molar-refractivity contribution is 0.260. The highest BCUT2D eigenvalue weighted by Crippen LogP contribution is 2.21. The maximum atomic E-state index is 5.93. The molecule has 1 aromatic rings. The normalized spacial score (nSPS) is 12.5. The Morgan fingerprint density at radius 2 is 2.20 bits per heavy atom. The van der Waals surface area contributed by atoms with Crippen LogP contribution < -0.4 is 4.74 Å². The molecule has 3 heteroatoms. The summed E-state index contributed by atoms with van der Waals surface area (Å²) in [7, 11) is 0. The van der Waals surface area contributed by atoms with Crippen LogP contribution in [0.25, 0.3) is 0 Å². The number of rotatable bonds is 5. The Labute approximate surface area is 105 Å². The first-order chi connectivity index (χ1) is 7.17. The van der Waals surface area contributed by atoms with Crippen molar-refractivity contribution in [3.8, 4) is 5.75 Å². The fraction of sp³-hybridized carbons (Fsp3) is 0.500. The standard InChI is InChI=1S/C12H16BrClO/c1-3-10(7-13)8-15-11-4-5-12(14)9(2)6-11/h4-6,10H,3,7-8H2,1-2H3. The second-order valence-electron chi connectivity index (χ2n) is 3.65. The summed E-state index contributed by atoms with van der Waals surface area (Å²) in [6.45, 7) is 4.90. The van der Waals surface area contributed by atoms with Gasteiger partial charge in [-0.1, -0.05) is 34.5 Å².